The second-order valence-electron chi connectivity index (χ2n) is 8.04. The largest absolute Gasteiger partial charge is 0.361 e. The highest BCUT2D eigenvalue weighted by Crippen LogP contribution is 2.39. The maximum Gasteiger partial charge on any atom is 0.259 e. The zero-order chi connectivity index (χ0) is 19.0. The van der Waals surface area contributed by atoms with Gasteiger partial charge in [0.05, 0.1) is 5.69 Å². The summed E-state index contributed by atoms with van der Waals surface area (Å²) in [7, 11) is 2.23. The second kappa shape index (κ2) is 7.47. The smallest absolute Gasteiger partial charge is 0.259 e. The van der Waals surface area contributed by atoms with Gasteiger partial charge in [-0.25, -0.2) is 0 Å². The summed E-state index contributed by atoms with van der Waals surface area (Å²) < 4.78 is 5.27. The summed E-state index contributed by atoms with van der Waals surface area (Å²) in [6.45, 7) is 5.58. The lowest BCUT2D eigenvalue weighted by atomic mass is 9.79. The first-order valence-electron chi connectivity index (χ1n) is 10.1. The Bertz CT molecular complexity index is 782. The summed E-state index contributed by atoms with van der Waals surface area (Å²) in [5.74, 6) is 1.18. The van der Waals surface area contributed by atoms with E-state index >= 15 is 0 Å². The first kappa shape index (κ1) is 18.2. The Hall–Kier alpha value is -2.14. The normalized spacial score (nSPS) is 26.5. The van der Waals surface area contributed by atoms with Crippen LogP contribution in [0.3, 0.4) is 0 Å². The van der Waals surface area contributed by atoms with Gasteiger partial charge in [-0.1, -0.05) is 41.9 Å². The lowest BCUT2D eigenvalue weighted by Gasteiger charge is -2.48. The highest BCUT2D eigenvalue weighted by molar-refractivity contribution is 5.96. The molecule has 2 fully saturated rings. The summed E-state index contributed by atoms with van der Waals surface area (Å²) in [6.07, 6.45) is 4.41. The third kappa shape index (κ3) is 3.29. The van der Waals surface area contributed by atoms with Crippen LogP contribution in [0.1, 0.15) is 59.0 Å². The van der Waals surface area contributed by atoms with Crippen LogP contribution in [0, 0.1) is 13.8 Å². The molecule has 0 spiro atoms. The van der Waals surface area contributed by atoms with Crippen molar-refractivity contribution in [2.45, 2.75) is 57.5 Å². The van der Waals surface area contributed by atoms with Gasteiger partial charge in [-0.05, 0) is 52.3 Å². The number of likely N-dealkylation sites (tertiary alicyclic amines) is 2. The molecule has 0 bridgehead atoms. The molecule has 0 unspecified atom stereocenters. The van der Waals surface area contributed by atoms with Gasteiger partial charge in [0, 0.05) is 24.5 Å². The fraction of sp³-hybridized carbons (Fsp3) is 0.545. The zero-order valence-electron chi connectivity index (χ0n) is 16.5. The van der Waals surface area contributed by atoms with E-state index in [1.54, 1.807) is 0 Å². The number of hydrogen-bond donors (Lipinski definition) is 0. The van der Waals surface area contributed by atoms with Crippen molar-refractivity contribution in [1.29, 1.82) is 0 Å². The van der Waals surface area contributed by atoms with Crippen molar-refractivity contribution in [1.82, 2.24) is 15.0 Å². The lowest BCUT2D eigenvalue weighted by Crippen LogP contribution is -2.58. The molecule has 2 aromatic rings. The third-order valence-electron chi connectivity index (χ3n) is 6.39. The van der Waals surface area contributed by atoms with Gasteiger partial charge in [-0.2, -0.15) is 0 Å². The van der Waals surface area contributed by atoms with E-state index in [0.717, 1.165) is 25.9 Å². The Morgan fingerprint density at radius 1 is 1.11 bits per heavy atom. The molecule has 2 aliphatic rings. The van der Waals surface area contributed by atoms with Crippen molar-refractivity contribution in [3.8, 4) is 0 Å². The molecule has 5 heteroatoms. The molecule has 3 heterocycles. The van der Waals surface area contributed by atoms with Gasteiger partial charge >= 0.3 is 0 Å². The first-order chi connectivity index (χ1) is 13.1. The predicted octanol–water partition coefficient (Wildman–Crippen LogP) is 3.77. The van der Waals surface area contributed by atoms with Gasteiger partial charge < -0.3 is 14.3 Å². The van der Waals surface area contributed by atoms with E-state index in [0.29, 0.717) is 29.0 Å². The van der Waals surface area contributed by atoms with Crippen LogP contribution in [0.25, 0.3) is 0 Å². The summed E-state index contributed by atoms with van der Waals surface area (Å²) in [6, 6.07) is 11.4. The molecule has 144 valence electrons. The number of benzene rings is 1. The van der Waals surface area contributed by atoms with Crippen LogP contribution in [0.5, 0.6) is 0 Å². The standard InChI is InChI=1S/C22H29N3O2/c1-15-20(16(2)27-23-15)22(26)25-14-12-18(17-9-5-4-6-10-17)21-19(25)11-7-8-13-24(21)3/h4-6,9-10,18-19,21H,7-8,11-14H2,1-3H3/t18-,19-,21-/m1/s1. The number of amides is 1. The molecule has 2 aliphatic heterocycles. The molecule has 0 aliphatic carbocycles. The summed E-state index contributed by atoms with van der Waals surface area (Å²) >= 11 is 0. The maximum atomic E-state index is 13.4. The first-order valence-corrected chi connectivity index (χ1v) is 10.1. The van der Waals surface area contributed by atoms with Crippen LogP contribution in [0.4, 0.5) is 0 Å². The summed E-state index contributed by atoms with van der Waals surface area (Å²) in [5.41, 5.74) is 2.74. The van der Waals surface area contributed by atoms with Crippen molar-refractivity contribution in [2.24, 2.45) is 0 Å². The highest BCUT2D eigenvalue weighted by Gasteiger charge is 2.44. The molecular weight excluding hydrogens is 338 g/mol. The van der Waals surface area contributed by atoms with Crippen LogP contribution >= 0.6 is 0 Å². The second-order valence-corrected chi connectivity index (χ2v) is 8.04. The van der Waals surface area contributed by atoms with E-state index in [9.17, 15) is 4.79 Å². The molecule has 5 nitrogen and oxygen atoms in total. The zero-order valence-corrected chi connectivity index (χ0v) is 16.5. The van der Waals surface area contributed by atoms with Crippen molar-refractivity contribution in [3.63, 3.8) is 0 Å². The monoisotopic (exact) mass is 367 g/mol. The van der Waals surface area contributed by atoms with E-state index in [-0.39, 0.29) is 11.9 Å². The maximum absolute atomic E-state index is 13.4. The Kier molecular flexibility index (Phi) is 5.04. The number of carbonyl (C=O) groups is 1. The van der Waals surface area contributed by atoms with Crippen LogP contribution in [-0.4, -0.2) is 53.1 Å². The minimum Gasteiger partial charge on any atom is -0.361 e. The molecule has 2 saturated heterocycles. The van der Waals surface area contributed by atoms with Gasteiger partial charge in [0.2, 0.25) is 0 Å². The Morgan fingerprint density at radius 2 is 1.89 bits per heavy atom. The number of aromatic nitrogens is 1. The number of carbonyl (C=O) groups excluding carboxylic acids is 1. The van der Waals surface area contributed by atoms with E-state index in [2.05, 4.69) is 52.3 Å². The van der Waals surface area contributed by atoms with Gasteiger partial charge in [0.25, 0.3) is 5.91 Å². The van der Waals surface area contributed by atoms with Gasteiger partial charge in [0.1, 0.15) is 11.3 Å². The molecule has 1 aromatic heterocycles. The average molecular weight is 367 g/mol. The van der Waals surface area contributed by atoms with E-state index in [1.165, 1.54) is 18.4 Å². The predicted molar refractivity (Wildman–Crippen MR) is 105 cm³/mol. The minimum absolute atomic E-state index is 0.0862. The number of piperidine rings is 1. The summed E-state index contributed by atoms with van der Waals surface area (Å²) in [5, 5.41) is 4.00. The number of aryl methyl sites for hydroxylation is 2. The van der Waals surface area contributed by atoms with Crippen molar-refractivity contribution in [3.05, 3.63) is 52.9 Å². The Morgan fingerprint density at radius 3 is 2.59 bits per heavy atom. The molecule has 3 atom stereocenters. The van der Waals surface area contributed by atoms with Crippen LogP contribution < -0.4 is 0 Å². The summed E-state index contributed by atoms with van der Waals surface area (Å²) in [4.78, 5) is 18.0. The Labute approximate surface area is 161 Å². The molecule has 0 N–H and O–H groups in total. The molecule has 27 heavy (non-hydrogen) atoms. The topological polar surface area (TPSA) is 49.6 Å². The fourth-order valence-electron chi connectivity index (χ4n) is 5.11. The van der Waals surface area contributed by atoms with Crippen molar-refractivity contribution < 1.29 is 9.32 Å². The molecule has 1 aromatic carbocycles. The van der Waals surface area contributed by atoms with Crippen molar-refractivity contribution >= 4 is 5.91 Å². The van der Waals surface area contributed by atoms with Crippen LogP contribution in [-0.2, 0) is 0 Å². The molecule has 0 saturated carbocycles. The molecular formula is C22H29N3O2. The number of likely N-dealkylation sites (N-methyl/N-ethyl adjacent to an activating group) is 1. The molecule has 1 amide bonds. The molecule has 4 rings (SSSR count). The lowest BCUT2D eigenvalue weighted by molar-refractivity contribution is 0.0316. The van der Waals surface area contributed by atoms with Gasteiger partial charge in [-0.15, -0.1) is 0 Å². The Balaban J connectivity index is 1.69. The number of nitrogens with zero attached hydrogens (tertiary/aromatic N) is 3. The molecule has 0 radical (unpaired) electrons. The van der Waals surface area contributed by atoms with Gasteiger partial charge in [-0.3, -0.25) is 4.79 Å². The number of rotatable bonds is 2. The van der Waals surface area contributed by atoms with Crippen molar-refractivity contribution in [2.75, 3.05) is 20.1 Å². The number of fused-ring (bicyclic) bond motifs is 1. The highest BCUT2D eigenvalue weighted by atomic mass is 16.5. The van der Waals surface area contributed by atoms with Gasteiger partial charge in [0.15, 0.2) is 0 Å². The van der Waals surface area contributed by atoms with E-state index in [1.807, 2.05) is 13.8 Å². The van der Waals surface area contributed by atoms with E-state index < -0.39 is 0 Å². The SMILES string of the molecule is Cc1noc(C)c1C(=O)N1CC[C@H](c2ccccc2)[C@@H]2[C@H]1CCCCN2C. The average Bonchev–Trinajstić information content (AvgIpc) is 2.90. The van der Waals surface area contributed by atoms with Crippen LogP contribution in [0.2, 0.25) is 0 Å². The fourth-order valence-corrected chi connectivity index (χ4v) is 5.11. The minimum atomic E-state index is 0.0862. The number of hydrogen-bond acceptors (Lipinski definition) is 4. The third-order valence-corrected chi connectivity index (χ3v) is 6.39. The van der Waals surface area contributed by atoms with E-state index in [4.69, 9.17) is 4.52 Å². The quantitative estimate of drug-likeness (QED) is 0.811. The van der Waals surface area contributed by atoms with Crippen LogP contribution in [0.15, 0.2) is 34.9 Å².